The van der Waals surface area contributed by atoms with Crippen molar-refractivity contribution in [3.63, 3.8) is 0 Å². The van der Waals surface area contributed by atoms with Crippen LogP contribution in [0.5, 0.6) is 0 Å². The normalized spacial score (nSPS) is 11.5. The SMILES string of the molecule is CCCC(CCC)=NNc1ccc(S(=O)(=O)N(CC)CC)cn1. The van der Waals surface area contributed by atoms with E-state index in [1.54, 1.807) is 12.1 Å². The van der Waals surface area contributed by atoms with Crippen molar-refractivity contribution in [1.29, 1.82) is 0 Å². The third-order valence-corrected chi connectivity index (χ3v) is 5.52. The van der Waals surface area contributed by atoms with E-state index in [9.17, 15) is 8.42 Å². The number of pyridine rings is 1. The van der Waals surface area contributed by atoms with E-state index in [1.165, 1.54) is 10.5 Å². The maximum Gasteiger partial charge on any atom is 0.244 e. The number of hydrazone groups is 1. The molecule has 0 amide bonds. The fraction of sp³-hybridized carbons (Fsp3) is 0.625. The van der Waals surface area contributed by atoms with E-state index in [0.29, 0.717) is 18.9 Å². The number of nitrogens with one attached hydrogen (secondary N) is 1. The maximum atomic E-state index is 12.4. The van der Waals surface area contributed by atoms with Gasteiger partial charge in [-0.25, -0.2) is 13.4 Å². The van der Waals surface area contributed by atoms with Gasteiger partial charge in [0.15, 0.2) is 0 Å². The number of hydrogen-bond donors (Lipinski definition) is 1. The molecule has 0 aliphatic rings. The lowest BCUT2D eigenvalue weighted by Crippen LogP contribution is -2.30. The van der Waals surface area contributed by atoms with Gasteiger partial charge in [-0.2, -0.15) is 9.41 Å². The average molecular weight is 340 g/mol. The van der Waals surface area contributed by atoms with Gasteiger partial charge < -0.3 is 0 Å². The third-order valence-electron chi connectivity index (χ3n) is 3.49. The molecule has 1 rings (SSSR count). The summed E-state index contributed by atoms with van der Waals surface area (Å²) in [6.07, 6.45) is 5.39. The number of sulfonamides is 1. The molecule has 1 aromatic heterocycles. The zero-order valence-electron chi connectivity index (χ0n) is 14.5. The quantitative estimate of drug-likeness (QED) is 0.523. The van der Waals surface area contributed by atoms with Crippen molar-refractivity contribution < 1.29 is 8.42 Å². The fourth-order valence-electron chi connectivity index (χ4n) is 2.26. The first kappa shape index (κ1) is 19.6. The van der Waals surface area contributed by atoms with Gasteiger partial charge in [0, 0.05) is 25.0 Å². The van der Waals surface area contributed by atoms with Crippen LogP contribution >= 0.6 is 0 Å². The van der Waals surface area contributed by atoms with Crippen LogP contribution in [0.15, 0.2) is 28.3 Å². The first-order valence-corrected chi connectivity index (χ1v) is 9.71. The summed E-state index contributed by atoms with van der Waals surface area (Å²) in [5, 5.41) is 4.38. The molecule has 1 N–H and O–H groups in total. The van der Waals surface area contributed by atoms with E-state index >= 15 is 0 Å². The summed E-state index contributed by atoms with van der Waals surface area (Å²) < 4.78 is 26.2. The first-order chi connectivity index (χ1) is 11.0. The number of anilines is 1. The number of rotatable bonds is 10. The molecule has 0 aromatic carbocycles. The van der Waals surface area contributed by atoms with E-state index in [-0.39, 0.29) is 4.90 Å². The Morgan fingerprint density at radius 3 is 2.17 bits per heavy atom. The van der Waals surface area contributed by atoms with Crippen molar-refractivity contribution in [3.05, 3.63) is 18.3 Å². The molecule has 0 unspecified atom stereocenters. The molecule has 0 aliphatic carbocycles. The van der Waals surface area contributed by atoms with E-state index in [0.717, 1.165) is 31.4 Å². The number of hydrogen-bond acceptors (Lipinski definition) is 5. The third kappa shape index (κ3) is 5.58. The molecule has 0 saturated heterocycles. The first-order valence-electron chi connectivity index (χ1n) is 8.27. The highest BCUT2D eigenvalue weighted by atomic mass is 32.2. The number of aromatic nitrogens is 1. The van der Waals surface area contributed by atoms with Gasteiger partial charge in [-0.05, 0) is 25.0 Å². The molecule has 6 nitrogen and oxygen atoms in total. The molecule has 0 atom stereocenters. The molecule has 7 heteroatoms. The van der Waals surface area contributed by atoms with Crippen molar-refractivity contribution in [1.82, 2.24) is 9.29 Å². The number of nitrogens with zero attached hydrogens (tertiary/aromatic N) is 3. The Morgan fingerprint density at radius 2 is 1.74 bits per heavy atom. The average Bonchev–Trinajstić information content (AvgIpc) is 2.54. The molecule has 0 aliphatic heterocycles. The van der Waals surface area contributed by atoms with Crippen LogP contribution in [-0.4, -0.2) is 36.5 Å². The Labute approximate surface area is 140 Å². The van der Waals surface area contributed by atoms with Crippen molar-refractivity contribution in [2.24, 2.45) is 5.10 Å². The standard InChI is InChI=1S/C16H28N4O2S/c1-5-9-14(10-6-2)18-19-16-12-11-15(13-17-16)23(21,22)20(7-3)8-4/h11-13H,5-10H2,1-4H3,(H,17,19). The van der Waals surface area contributed by atoms with E-state index in [4.69, 9.17) is 0 Å². The van der Waals surface area contributed by atoms with Gasteiger partial charge in [0.05, 0.1) is 0 Å². The van der Waals surface area contributed by atoms with E-state index < -0.39 is 10.0 Å². The summed E-state index contributed by atoms with van der Waals surface area (Å²) in [7, 11) is -3.46. The lowest BCUT2D eigenvalue weighted by molar-refractivity contribution is 0.445. The van der Waals surface area contributed by atoms with E-state index in [1.807, 2.05) is 13.8 Å². The summed E-state index contributed by atoms with van der Waals surface area (Å²) in [6, 6.07) is 3.22. The second-order valence-corrected chi connectivity index (χ2v) is 7.20. The zero-order valence-corrected chi connectivity index (χ0v) is 15.4. The molecule has 23 heavy (non-hydrogen) atoms. The maximum absolute atomic E-state index is 12.4. The Kier molecular flexibility index (Phi) is 8.19. The predicted molar refractivity (Wildman–Crippen MR) is 95.2 cm³/mol. The van der Waals surface area contributed by atoms with Crippen molar-refractivity contribution in [2.45, 2.75) is 58.3 Å². The second-order valence-electron chi connectivity index (χ2n) is 5.26. The van der Waals surface area contributed by atoms with Crippen LogP contribution in [0.4, 0.5) is 5.82 Å². The van der Waals surface area contributed by atoms with Gasteiger partial charge in [0.1, 0.15) is 10.7 Å². The minimum atomic E-state index is -3.46. The Morgan fingerprint density at radius 1 is 1.13 bits per heavy atom. The molecule has 0 saturated carbocycles. The van der Waals surface area contributed by atoms with Crippen LogP contribution in [0, 0.1) is 0 Å². The van der Waals surface area contributed by atoms with Gasteiger partial charge in [0.2, 0.25) is 10.0 Å². The largest absolute Gasteiger partial charge is 0.261 e. The molecular weight excluding hydrogens is 312 g/mol. The minimum absolute atomic E-state index is 0.207. The monoisotopic (exact) mass is 340 g/mol. The molecule has 0 spiro atoms. The Balaban J connectivity index is 2.86. The van der Waals surface area contributed by atoms with Crippen molar-refractivity contribution in [2.75, 3.05) is 18.5 Å². The van der Waals surface area contributed by atoms with Crippen LogP contribution < -0.4 is 5.43 Å². The van der Waals surface area contributed by atoms with Crippen molar-refractivity contribution in [3.8, 4) is 0 Å². The second kappa shape index (κ2) is 9.62. The molecule has 0 bridgehead atoms. The van der Waals surface area contributed by atoms with Gasteiger partial charge in [-0.3, -0.25) is 5.43 Å². The summed E-state index contributed by atoms with van der Waals surface area (Å²) in [5.41, 5.74) is 4.03. The highest BCUT2D eigenvalue weighted by Crippen LogP contribution is 2.16. The van der Waals surface area contributed by atoms with Crippen LogP contribution in [0.2, 0.25) is 0 Å². The highest BCUT2D eigenvalue weighted by molar-refractivity contribution is 7.89. The predicted octanol–water partition coefficient (Wildman–Crippen LogP) is 3.48. The Hall–Kier alpha value is -1.47. The summed E-state index contributed by atoms with van der Waals surface area (Å²) >= 11 is 0. The lowest BCUT2D eigenvalue weighted by atomic mass is 10.1. The molecule has 130 valence electrons. The van der Waals surface area contributed by atoms with E-state index in [2.05, 4.69) is 29.4 Å². The Bertz CT molecular complexity index is 585. The van der Waals surface area contributed by atoms with Gasteiger partial charge in [-0.15, -0.1) is 0 Å². The fourth-order valence-corrected chi connectivity index (χ4v) is 3.67. The molecule has 0 radical (unpaired) electrons. The lowest BCUT2D eigenvalue weighted by Gasteiger charge is -2.18. The van der Waals surface area contributed by atoms with Crippen LogP contribution in [0.3, 0.4) is 0 Å². The minimum Gasteiger partial charge on any atom is -0.261 e. The zero-order chi connectivity index (χ0) is 17.3. The van der Waals surface area contributed by atoms with Crippen molar-refractivity contribution >= 4 is 21.6 Å². The molecule has 1 heterocycles. The molecule has 1 aromatic rings. The van der Waals surface area contributed by atoms with Crippen LogP contribution in [0.25, 0.3) is 0 Å². The summed E-state index contributed by atoms with van der Waals surface area (Å²) in [6.45, 7) is 8.78. The van der Waals surface area contributed by atoms with Crippen LogP contribution in [-0.2, 0) is 10.0 Å². The molecular formula is C16H28N4O2S. The van der Waals surface area contributed by atoms with Gasteiger partial charge in [0.25, 0.3) is 0 Å². The summed E-state index contributed by atoms with van der Waals surface area (Å²) in [4.78, 5) is 4.37. The van der Waals surface area contributed by atoms with Crippen LogP contribution in [0.1, 0.15) is 53.4 Å². The van der Waals surface area contributed by atoms with Gasteiger partial charge >= 0.3 is 0 Å². The summed E-state index contributed by atoms with van der Waals surface area (Å²) in [5.74, 6) is 0.549. The molecule has 0 fully saturated rings. The topological polar surface area (TPSA) is 74.7 Å². The highest BCUT2D eigenvalue weighted by Gasteiger charge is 2.21. The van der Waals surface area contributed by atoms with Gasteiger partial charge in [-0.1, -0.05) is 40.5 Å². The smallest absolute Gasteiger partial charge is 0.244 e.